The molecule has 1 heterocycles. The summed E-state index contributed by atoms with van der Waals surface area (Å²) >= 11 is 0. The van der Waals surface area contributed by atoms with Gasteiger partial charge in [0.05, 0.1) is 0 Å². The smallest absolute Gasteiger partial charge is 0.118 e. The quantitative estimate of drug-likeness (QED) is 0.580. The molecule has 0 aromatic heterocycles. The fourth-order valence-corrected chi connectivity index (χ4v) is 1.69. The van der Waals surface area contributed by atoms with E-state index in [1.807, 2.05) is 6.07 Å². The molecule has 0 spiro atoms. The molecule has 13 heavy (non-hydrogen) atoms. The highest BCUT2D eigenvalue weighted by atomic mass is 19.1. The summed E-state index contributed by atoms with van der Waals surface area (Å²) < 4.78 is 13.1. The monoisotopic (exact) mass is 175 g/mol. The second-order valence-corrected chi connectivity index (χ2v) is 3.40. The zero-order chi connectivity index (χ0) is 9.26. The van der Waals surface area contributed by atoms with Gasteiger partial charge in [-0.3, -0.25) is 0 Å². The molecule has 0 unspecified atom stereocenters. The molecule has 3 heteroatoms. The minimum atomic E-state index is -0.315. The lowest BCUT2D eigenvalue weighted by molar-refractivity contribution is 0.635. The first-order valence-corrected chi connectivity index (χ1v) is 4.57. The van der Waals surface area contributed by atoms with Crippen LogP contribution in [0.2, 0.25) is 0 Å². The first-order chi connectivity index (χ1) is 6.27. The Bertz CT molecular complexity index is 308. The van der Waals surface area contributed by atoms with Crippen molar-refractivity contribution in [2.45, 2.75) is 12.8 Å². The molecule has 1 aromatic carbocycles. The second-order valence-electron chi connectivity index (χ2n) is 3.40. The Kier molecular flexibility index (Phi) is 2.25. The number of benzene rings is 1. The van der Waals surface area contributed by atoms with Gasteiger partial charge in [-0.2, -0.15) is 0 Å². The topological polar surface area (TPSA) is 3.24 Å². The Morgan fingerprint density at radius 1 is 1.23 bits per heavy atom. The molecule has 0 bridgehead atoms. The Morgan fingerprint density at radius 3 is 2.54 bits per heavy atom. The summed E-state index contributed by atoms with van der Waals surface area (Å²) in [5.74, 6) is -0.315. The fraction of sp³-hybridized carbons (Fsp3) is 0.400. The number of rotatable bonds is 1. The maximum Gasteiger partial charge on any atom is 0.118 e. The van der Waals surface area contributed by atoms with Gasteiger partial charge in [-0.15, -0.1) is 0 Å². The number of anilines is 1. The van der Waals surface area contributed by atoms with Gasteiger partial charge in [0.2, 0.25) is 0 Å². The molecule has 0 saturated carbocycles. The van der Waals surface area contributed by atoms with Crippen LogP contribution in [-0.4, -0.2) is 20.9 Å². The van der Waals surface area contributed by atoms with Crippen molar-refractivity contribution < 1.29 is 4.39 Å². The van der Waals surface area contributed by atoms with Crippen LogP contribution in [0.3, 0.4) is 0 Å². The molecule has 1 nitrogen and oxygen atoms in total. The fourth-order valence-electron chi connectivity index (χ4n) is 1.69. The molecule has 1 aliphatic rings. The summed E-state index contributed by atoms with van der Waals surface area (Å²) in [5, 5.41) is 0. The first kappa shape index (κ1) is 8.61. The van der Waals surface area contributed by atoms with E-state index < -0.39 is 0 Å². The predicted molar refractivity (Wildman–Crippen MR) is 53.2 cm³/mol. The lowest BCUT2D eigenvalue weighted by Crippen LogP contribution is -2.19. The molecule has 0 N–H and O–H groups in total. The largest absolute Gasteiger partial charge is 0.371 e. The lowest BCUT2D eigenvalue weighted by atomic mass is 9.95. The minimum absolute atomic E-state index is 0.225. The molecular formula is C10H11BFN. The lowest BCUT2D eigenvalue weighted by Gasteiger charge is -2.17. The highest BCUT2D eigenvalue weighted by molar-refractivity contribution is 6.32. The number of hydrogen-bond acceptors (Lipinski definition) is 1. The Labute approximate surface area is 79.0 Å². The summed E-state index contributed by atoms with van der Waals surface area (Å²) in [4.78, 5) is 2.18. The standard InChI is InChI=1S/C10H11BFN/c11-9-4-3-8(7-10(9)12)13-5-1-2-6-13/h3-4,7H,1-2,5-6H2. The molecule has 1 aromatic rings. The van der Waals surface area contributed by atoms with Gasteiger partial charge in [0.1, 0.15) is 13.7 Å². The van der Waals surface area contributed by atoms with Gasteiger partial charge in [0.15, 0.2) is 0 Å². The van der Waals surface area contributed by atoms with Crippen LogP contribution in [0.5, 0.6) is 0 Å². The molecule has 1 aliphatic heterocycles. The van der Waals surface area contributed by atoms with E-state index in [1.165, 1.54) is 18.9 Å². The summed E-state index contributed by atoms with van der Waals surface area (Å²) in [7, 11) is 5.39. The van der Waals surface area contributed by atoms with Crippen molar-refractivity contribution in [1.82, 2.24) is 0 Å². The Hall–Kier alpha value is -0.985. The van der Waals surface area contributed by atoms with Crippen LogP contribution >= 0.6 is 0 Å². The first-order valence-electron chi connectivity index (χ1n) is 4.57. The van der Waals surface area contributed by atoms with E-state index in [0.29, 0.717) is 0 Å². The van der Waals surface area contributed by atoms with Crippen molar-refractivity contribution in [3.63, 3.8) is 0 Å². The van der Waals surface area contributed by atoms with E-state index in [9.17, 15) is 4.39 Å². The molecule has 2 rings (SSSR count). The molecule has 2 radical (unpaired) electrons. The van der Waals surface area contributed by atoms with Crippen LogP contribution in [0.25, 0.3) is 0 Å². The van der Waals surface area contributed by atoms with Crippen molar-refractivity contribution in [2.24, 2.45) is 0 Å². The Balaban J connectivity index is 2.25. The molecule has 0 amide bonds. The van der Waals surface area contributed by atoms with Gasteiger partial charge in [0, 0.05) is 18.8 Å². The third kappa shape index (κ3) is 1.69. The average molecular weight is 175 g/mol. The number of halogens is 1. The van der Waals surface area contributed by atoms with E-state index in [1.54, 1.807) is 6.07 Å². The highest BCUT2D eigenvalue weighted by Gasteiger charge is 2.12. The normalized spacial score (nSPS) is 16.5. The summed E-state index contributed by atoms with van der Waals surface area (Å²) in [6.07, 6.45) is 2.40. The average Bonchev–Trinajstić information content (AvgIpc) is 2.62. The van der Waals surface area contributed by atoms with Gasteiger partial charge in [0.25, 0.3) is 0 Å². The van der Waals surface area contributed by atoms with Crippen LogP contribution < -0.4 is 10.4 Å². The third-order valence-electron chi connectivity index (χ3n) is 2.46. The zero-order valence-electron chi connectivity index (χ0n) is 7.46. The van der Waals surface area contributed by atoms with Crippen LogP contribution in [0.1, 0.15) is 12.8 Å². The van der Waals surface area contributed by atoms with Gasteiger partial charge >= 0.3 is 0 Å². The van der Waals surface area contributed by atoms with E-state index in [-0.39, 0.29) is 11.3 Å². The van der Waals surface area contributed by atoms with Crippen molar-refractivity contribution in [1.29, 1.82) is 0 Å². The Morgan fingerprint density at radius 2 is 1.92 bits per heavy atom. The van der Waals surface area contributed by atoms with Gasteiger partial charge in [-0.05, 0) is 25.0 Å². The van der Waals surface area contributed by atoms with Crippen molar-refractivity contribution in [3.05, 3.63) is 24.0 Å². The SMILES string of the molecule is [B]c1ccc(N2CCCC2)cc1F. The highest BCUT2D eigenvalue weighted by Crippen LogP contribution is 2.19. The molecule has 1 fully saturated rings. The van der Waals surface area contributed by atoms with Gasteiger partial charge in [-0.1, -0.05) is 11.5 Å². The van der Waals surface area contributed by atoms with Crippen molar-refractivity contribution in [3.8, 4) is 0 Å². The van der Waals surface area contributed by atoms with Crippen LogP contribution in [0.4, 0.5) is 10.1 Å². The van der Waals surface area contributed by atoms with Gasteiger partial charge < -0.3 is 4.90 Å². The van der Waals surface area contributed by atoms with E-state index in [2.05, 4.69) is 4.90 Å². The number of nitrogens with zero attached hydrogens (tertiary/aromatic N) is 1. The maximum absolute atomic E-state index is 13.1. The van der Waals surface area contributed by atoms with Crippen LogP contribution in [0.15, 0.2) is 18.2 Å². The van der Waals surface area contributed by atoms with Crippen LogP contribution in [0, 0.1) is 5.82 Å². The third-order valence-corrected chi connectivity index (χ3v) is 2.46. The predicted octanol–water partition coefficient (Wildman–Crippen LogP) is 1.22. The van der Waals surface area contributed by atoms with E-state index >= 15 is 0 Å². The minimum Gasteiger partial charge on any atom is -0.371 e. The van der Waals surface area contributed by atoms with E-state index in [0.717, 1.165) is 18.8 Å². The van der Waals surface area contributed by atoms with Crippen molar-refractivity contribution in [2.75, 3.05) is 18.0 Å². The zero-order valence-corrected chi connectivity index (χ0v) is 7.46. The summed E-state index contributed by atoms with van der Waals surface area (Å²) in [6.45, 7) is 2.06. The number of hydrogen-bond donors (Lipinski definition) is 0. The summed E-state index contributed by atoms with van der Waals surface area (Å²) in [6, 6.07) is 5.02. The van der Waals surface area contributed by atoms with Gasteiger partial charge in [-0.25, -0.2) is 4.39 Å². The second kappa shape index (κ2) is 3.40. The molecule has 0 atom stereocenters. The van der Waals surface area contributed by atoms with Crippen LogP contribution in [-0.2, 0) is 0 Å². The molecule has 66 valence electrons. The molecule has 0 aliphatic carbocycles. The maximum atomic E-state index is 13.1. The van der Waals surface area contributed by atoms with Crippen molar-refractivity contribution >= 4 is 19.0 Å². The van der Waals surface area contributed by atoms with E-state index in [4.69, 9.17) is 7.85 Å². The molecule has 1 saturated heterocycles. The molecular weight excluding hydrogens is 164 g/mol. The summed E-state index contributed by atoms with van der Waals surface area (Å²) in [5.41, 5.74) is 1.17.